The molecule has 2 fully saturated rings. The van der Waals surface area contributed by atoms with Gasteiger partial charge in [0.15, 0.2) is 0 Å². The van der Waals surface area contributed by atoms with Crippen molar-refractivity contribution in [3.8, 4) is 0 Å². The molecule has 4 aromatic rings. The number of nitrogens with one attached hydrogen (secondary N) is 3. The van der Waals surface area contributed by atoms with E-state index in [1.165, 1.54) is 27.8 Å². The second-order valence-corrected chi connectivity index (χ2v) is 21.3. The molecular formula is C60H81ClN6O4. The summed E-state index contributed by atoms with van der Waals surface area (Å²) in [7, 11) is 8.65. The number of benzene rings is 4. The molecule has 3 N–H and O–H groups in total. The average molecular weight is 986 g/mol. The van der Waals surface area contributed by atoms with E-state index in [0.29, 0.717) is 31.7 Å². The molecule has 0 bridgehead atoms. The Bertz CT molecular complexity index is 2320. The van der Waals surface area contributed by atoms with Crippen molar-refractivity contribution in [2.45, 2.75) is 152 Å². The predicted octanol–water partition coefficient (Wildman–Crippen LogP) is 11.2. The maximum Gasteiger partial charge on any atom is 0.224 e. The topological polar surface area (TPSA) is 114 Å². The standard InChI is InChI=1S/C31H41N3O2.C29H40ClN3O2/c1-33(2)31(24-25-10-5-3-6-11-25)20-16-28(17-21-31)32-29(35)14-9-15-30(36)34-22-18-27(19-23-34)26-12-7-4-8-13-26;1-5-21(2)23-8-12-25(13-9-23)31-27(34)14-15-28(35)32-26-16-18-29(19-17-26,33(3)4)20-22-6-10-24(30)11-7-22/h3-8,10-13,18,28H,9,14-17,19-24H2,1-2H3,(H,32,35);6-13,21,26H,5,14-20H2,1-4H3,(H,31,34)(H,32,35). The van der Waals surface area contributed by atoms with Gasteiger partial charge in [-0.2, -0.15) is 0 Å². The summed E-state index contributed by atoms with van der Waals surface area (Å²) in [4.78, 5) is 56.7. The van der Waals surface area contributed by atoms with Crippen LogP contribution in [0.5, 0.6) is 0 Å². The van der Waals surface area contributed by atoms with Crippen LogP contribution in [0, 0.1) is 0 Å². The normalized spacial score (nSPS) is 21.6. The maximum absolute atomic E-state index is 12.7. The molecule has 71 heavy (non-hydrogen) atoms. The van der Waals surface area contributed by atoms with Crippen LogP contribution in [-0.4, -0.2) is 103 Å². The van der Waals surface area contributed by atoms with Gasteiger partial charge < -0.3 is 30.7 Å². The summed E-state index contributed by atoms with van der Waals surface area (Å²) in [5.74, 6) is 0.559. The van der Waals surface area contributed by atoms with Crippen LogP contribution in [0.3, 0.4) is 0 Å². The third-order valence-electron chi connectivity index (χ3n) is 15.7. The molecule has 1 unspecified atom stereocenters. The lowest BCUT2D eigenvalue weighted by atomic mass is 9.75. The van der Waals surface area contributed by atoms with E-state index < -0.39 is 0 Å². The summed E-state index contributed by atoms with van der Waals surface area (Å²) in [6.07, 6.45) is 16.1. The van der Waals surface area contributed by atoms with E-state index in [1.807, 2.05) is 35.2 Å². The minimum Gasteiger partial charge on any atom is -0.353 e. The van der Waals surface area contributed by atoms with Crippen LogP contribution in [0.4, 0.5) is 5.69 Å². The van der Waals surface area contributed by atoms with E-state index in [1.54, 1.807) is 0 Å². The SMILES string of the molecule is CCC(C)c1ccc(NC(=O)CCC(=O)NC2CCC(Cc3ccc(Cl)cc3)(N(C)C)CC2)cc1.CN(C)C1(Cc2ccccc2)CCC(NC(=O)CCCC(=O)N2CC=C(c3ccccc3)CC2)CC1. The van der Waals surface area contributed by atoms with Gasteiger partial charge in [-0.1, -0.05) is 116 Å². The van der Waals surface area contributed by atoms with Crippen LogP contribution in [0.15, 0.2) is 115 Å². The lowest BCUT2D eigenvalue weighted by Gasteiger charge is -2.45. The van der Waals surface area contributed by atoms with Crippen LogP contribution in [0.25, 0.3) is 5.57 Å². The summed E-state index contributed by atoms with van der Waals surface area (Å²) in [6, 6.07) is 37.6. The van der Waals surface area contributed by atoms with E-state index in [2.05, 4.69) is 153 Å². The molecule has 0 aromatic heterocycles. The first-order valence-electron chi connectivity index (χ1n) is 26.3. The van der Waals surface area contributed by atoms with Gasteiger partial charge in [-0.05, 0) is 170 Å². The van der Waals surface area contributed by atoms with Gasteiger partial charge in [0, 0.05) is 72.6 Å². The Morgan fingerprint density at radius 3 is 1.66 bits per heavy atom. The zero-order valence-corrected chi connectivity index (χ0v) is 44.2. The molecule has 2 aliphatic carbocycles. The number of nitrogens with zero attached hydrogens (tertiary/aromatic N) is 3. The Labute approximate surface area is 430 Å². The number of hydrogen-bond acceptors (Lipinski definition) is 6. The van der Waals surface area contributed by atoms with Crippen LogP contribution >= 0.6 is 11.6 Å². The summed E-state index contributed by atoms with van der Waals surface area (Å²) in [5.41, 5.74) is 7.49. The molecule has 3 aliphatic rings. The minimum absolute atomic E-state index is 0.0488. The van der Waals surface area contributed by atoms with Crippen LogP contribution in [0.2, 0.25) is 5.02 Å². The van der Waals surface area contributed by atoms with E-state index in [0.717, 1.165) is 94.3 Å². The number of carbonyl (C=O) groups is 4. The Hall–Kier alpha value is -5.29. The van der Waals surface area contributed by atoms with Gasteiger partial charge in [-0.15, -0.1) is 0 Å². The lowest BCUT2D eigenvalue weighted by Crippen LogP contribution is -2.52. The second kappa shape index (κ2) is 27.0. The molecule has 1 aliphatic heterocycles. The third-order valence-corrected chi connectivity index (χ3v) is 16.0. The molecule has 1 atom stereocenters. The van der Waals surface area contributed by atoms with Gasteiger partial charge in [-0.25, -0.2) is 0 Å². The number of rotatable bonds is 19. The largest absolute Gasteiger partial charge is 0.353 e. The van der Waals surface area contributed by atoms with Crippen molar-refractivity contribution in [3.63, 3.8) is 0 Å². The fraction of sp³-hybridized carbons (Fsp3) is 0.500. The number of hydrogen-bond donors (Lipinski definition) is 3. The van der Waals surface area contributed by atoms with Crippen molar-refractivity contribution in [2.24, 2.45) is 0 Å². The van der Waals surface area contributed by atoms with Crippen LogP contribution < -0.4 is 16.0 Å². The van der Waals surface area contributed by atoms with Crippen molar-refractivity contribution in [3.05, 3.63) is 143 Å². The first kappa shape index (κ1) is 55.0. The zero-order chi connectivity index (χ0) is 50.8. The van der Waals surface area contributed by atoms with Gasteiger partial charge in [0.1, 0.15) is 0 Å². The summed E-state index contributed by atoms with van der Waals surface area (Å²) < 4.78 is 0. The quantitative estimate of drug-likeness (QED) is 0.0862. The number of anilines is 1. The van der Waals surface area contributed by atoms with Gasteiger partial charge in [0.25, 0.3) is 0 Å². The highest BCUT2D eigenvalue weighted by Crippen LogP contribution is 2.37. The molecule has 0 spiro atoms. The molecule has 4 aromatic carbocycles. The fourth-order valence-corrected chi connectivity index (χ4v) is 10.8. The molecule has 7 rings (SSSR count). The lowest BCUT2D eigenvalue weighted by molar-refractivity contribution is -0.131. The van der Waals surface area contributed by atoms with Crippen molar-refractivity contribution in [1.82, 2.24) is 25.3 Å². The van der Waals surface area contributed by atoms with Gasteiger partial charge in [-0.3, -0.25) is 19.2 Å². The van der Waals surface area contributed by atoms with E-state index >= 15 is 0 Å². The zero-order valence-electron chi connectivity index (χ0n) is 43.5. The third kappa shape index (κ3) is 16.6. The molecule has 2 saturated carbocycles. The highest BCUT2D eigenvalue weighted by atomic mass is 35.5. The summed E-state index contributed by atoms with van der Waals surface area (Å²) >= 11 is 6.05. The monoisotopic (exact) mass is 985 g/mol. The van der Waals surface area contributed by atoms with Crippen molar-refractivity contribution in [1.29, 1.82) is 0 Å². The first-order valence-corrected chi connectivity index (χ1v) is 26.7. The Balaban J connectivity index is 0.000000233. The molecule has 10 nitrogen and oxygen atoms in total. The van der Waals surface area contributed by atoms with E-state index in [4.69, 9.17) is 11.6 Å². The average Bonchev–Trinajstić information content (AvgIpc) is 3.38. The Morgan fingerprint density at radius 2 is 1.15 bits per heavy atom. The van der Waals surface area contributed by atoms with Crippen molar-refractivity contribution >= 4 is 46.5 Å². The molecule has 11 heteroatoms. The number of halogens is 1. The molecular weight excluding hydrogens is 904 g/mol. The fourth-order valence-electron chi connectivity index (χ4n) is 10.7. The number of amides is 4. The van der Waals surface area contributed by atoms with Crippen molar-refractivity contribution < 1.29 is 19.2 Å². The molecule has 1 heterocycles. The number of likely N-dealkylation sites (N-methyl/N-ethyl adjacent to an activating group) is 2. The van der Waals surface area contributed by atoms with E-state index in [9.17, 15) is 19.2 Å². The summed E-state index contributed by atoms with van der Waals surface area (Å²) in [6.45, 7) is 5.77. The highest BCUT2D eigenvalue weighted by molar-refractivity contribution is 6.30. The molecule has 382 valence electrons. The van der Waals surface area contributed by atoms with E-state index in [-0.39, 0.29) is 59.6 Å². The minimum atomic E-state index is -0.130. The highest BCUT2D eigenvalue weighted by Gasteiger charge is 2.39. The van der Waals surface area contributed by atoms with Gasteiger partial charge >= 0.3 is 0 Å². The molecule has 4 amide bonds. The first-order chi connectivity index (χ1) is 34.2. The Morgan fingerprint density at radius 1 is 0.648 bits per heavy atom. The number of carbonyl (C=O) groups excluding carboxylic acids is 4. The molecule has 0 saturated heterocycles. The van der Waals surface area contributed by atoms with Gasteiger partial charge in [0.05, 0.1) is 0 Å². The van der Waals surface area contributed by atoms with Gasteiger partial charge in [0.2, 0.25) is 23.6 Å². The second-order valence-electron chi connectivity index (χ2n) is 20.9. The summed E-state index contributed by atoms with van der Waals surface area (Å²) in [5, 5.41) is 10.1. The smallest absolute Gasteiger partial charge is 0.224 e. The molecule has 0 radical (unpaired) electrons. The predicted molar refractivity (Wildman–Crippen MR) is 291 cm³/mol. The Kier molecular flexibility index (Phi) is 20.9. The van der Waals surface area contributed by atoms with Crippen LogP contribution in [0.1, 0.15) is 138 Å². The maximum atomic E-state index is 12.7. The van der Waals surface area contributed by atoms with Crippen LogP contribution in [-0.2, 0) is 32.0 Å². The van der Waals surface area contributed by atoms with Crippen molar-refractivity contribution in [2.75, 3.05) is 46.6 Å².